The van der Waals surface area contributed by atoms with Gasteiger partial charge >= 0.3 is 0 Å². The predicted molar refractivity (Wildman–Crippen MR) is 86.5 cm³/mol. The molecule has 1 heterocycles. The number of hydrogen-bond donors (Lipinski definition) is 3. The fourth-order valence-electron chi connectivity index (χ4n) is 3.75. The number of aliphatic hydroxyl groups excluding tert-OH is 1. The van der Waals surface area contributed by atoms with E-state index in [1.165, 1.54) is 19.4 Å². The average molecular weight is 322 g/mol. The van der Waals surface area contributed by atoms with Gasteiger partial charge in [-0.2, -0.15) is 0 Å². The van der Waals surface area contributed by atoms with Crippen molar-refractivity contribution in [3.8, 4) is 11.5 Å². The minimum absolute atomic E-state index is 0.0499. The molecule has 0 aromatic carbocycles. The van der Waals surface area contributed by atoms with Crippen LogP contribution in [0, 0.1) is 10.8 Å². The number of methoxy groups -OCH3 is 1. The lowest BCUT2D eigenvalue weighted by atomic mass is 9.61. The van der Waals surface area contributed by atoms with Crippen molar-refractivity contribution in [2.75, 3.05) is 7.11 Å². The third-order valence-electron chi connectivity index (χ3n) is 4.68. The van der Waals surface area contributed by atoms with Gasteiger partial charge in [0.25, 0.3) is 5.91 Å². The highest BCUT2D eigenvalue weighted by Crippen LogP contribution is 2.46. The number of hydrogen-bond acceptors (Lipinski definition) is 5. The summed E-state index contributed by atoms with van der Waals surface area (Å²) in [6.07, 6.45) is 2.31. The number of ether oxygens (including phenoxy) is 1. The van der Waals surface area contributed by atoms with Gasteiger partial charge < -0.3 is 20.3 Å². The van der Waals surface area contributed by atoms with Crippen molar-refractivity contribution in [1.29, 1.82) is 0 Å². The first-order chi connectivity index (χ1) is 10.6. The molecule has 0 aliphatic heterocycles. The average Bonchev–Trinajstić information content (AvgIpc) is 2.44. The third-order valence-corrected chi connectivity index (χ3v) is 4.68. The number of aliphatic hydroxyl groups is 1. The topological polar surface area (TPSA) is 91.7 Å². The Bertz CT molecular complexity index is 580. The minimum Gasteiger partial charge on any atom is -0.503 e. The third kappa shape index (κ3) is 3.42. The van der Waals surface area contributed by atoms with E-state index in [4.69, 9.17) is 4.74 Å². The van der Waals surface area contributed by atoms with Crippen LogP contribution < -0.4 is 10.1 Å². The fraction of sp³-hybridized carbons (Fsp3) is 0.647. The zero-order valence-electron chi connectivity index (χ0n) is 14.4. The number of nitrogens with zero attached hydrogens (tertiary/aromatic N) is 1. The summed E-state index contributed by atoms with van der Waals surface area (Å²) in [5.41, 5.74) is -0.654. The van der Waals surface area contributed by atoms with Gasteiger partial charge in [-0.1, -0.05) is 27.7 Å². The Morgan fingerprint density at radius 3 is 2.39 bits per heavy atom. The lowest BCUT2D eigenvalue weighted by Crippen LogP contribution is -2.54. The molecular weight excluding hydrogens is 296 g/mol. The zero-order chi connectivity index (χ0) is 17.4. The standard InChI is InChI=1S/C17H26N2O4/c1-16(2)8-10(9-17(3,4)15(16)22)19-14(21)12-13(20)11(23-5)6-7-18-12/h6-7,10,15,20,22H,8-9H2,1-5H3,(H,19,21)/t10-,15-. The van der Waals surface area contributed by atoms with Crippen LogP contribution >= 0.6 is 0 Å². The van der Waals surface area contributed by atoms with E-state index < -0.39 is 12.0 Å². The molecule has 0 bridgehead atoms. The van der Waals surface area contributed by atoms with Crippen molar-refractivity contribution >= 4 is 5.91 Å². The fourth-order valence-corrected chi connectivity index (χ4v) is 3.75. The number of aromatic hydroxyl groups is 1. The molecule has 1 aliphatic rings. The van der Waals surface area contributed by atoms with Crippen LogP contribution in [0.5, 0.6) is 11.5 Å². The zero-order valence-corrected chi connectivity index (χ0v) is 14.4. The number of amides is 1. The van der Waals surface area contributed by atoms with E-state index in [2.05, 4.69) is 10.3 Å². The molecule has 1 aromatic heterocycles. The van der Waals surface area contributed by atoms with Crippen molar-refractivity contribution in [3.05, 3.63) is 18.0 Å². The molecular formula is C17H26N2O4. The van der Waals surface area contributed by atoms with E-state index in [1.807, 2.05) is 27.7 Å². The number of pyridine rings is 1. The molecule has 6 nitrogen and oxygen atoms in total. The summed E-state index contributed by atoms with van der Waals surface area (Å²) >= 11 is 0. The van der Waals surface area contributed by atoms with Crippen LogP contribution in [0.3, 0.4) is 0 Å². The van der Waals surface area contributed by atoms with Gasteiger partial charge in [0, 0.05) is 18.3 Å². The highest BCUT2D eigenvalue weighted by Gasteiger charge is 2.47. The Labute approximate surface area is 136 Å². The summed E-state index contributed by atoms with van der Waals surface area (Å²) in [6.45, 7) is 8.00. The van der Waals surface area contributed by atoms with Crippen molar-refractivity contribution in [3.63, 3.8) is 0 Å². The molecule has 1 aliphatic carbocycles. The molecule has 2 rings (SSSR count). The van der Waals surface area contributed by atoms with Crippen molar-refractivity contribution in [2.45, 2.75) is 52.7 Å². The van der Waals surface area contributed by atoms with E-state index in [1.54, 1.807) is 0 Å². The maximum Gasteiger partial charge on any atom is 0.274 e. The van der Waals surface area contributed by atoms with E-state index in [0.29, 0.717) is 12.8 Å². The lowest BCUT2D eigenvalue weighted by molar-refractivity contribution is -0.0845. The Kier molecular flexibility index (Phi) is 4.57. The molecule has 0 atom stereocenters. The maximum atomic E-state index is 12.5. The smallest absolute Gasteiger partial charge is 0.274 e. The molecule has 0 unspecified atom stereocenters. The summed E-state index contributed by atoms with van der Waals surface area (Å²) in [6, 6.07) is 1.40. The summed E-state index contributed by atoms with van der Waals surface area (Å²) in [4.78, 5) is 16.4. The number of rotatable bonds is 3. The predicted octanol–water partition coefficient (Wildman–Crippen LogP) is 2.10. The molecule has 23 heavy (non-hydrogen) atoms. The molecule has 1 amide bonds. The van der Waals surface area contributed by atoms with E-state index >= 15 is 0 Å². The summed E-state index contributed by atoms with van der Waals surface area (Å²) in [5, 5.41) is 23.4. The monoisotopic (exact) mass is 322 g/mol. The molecule has 3 N–H and O–H groups in total. The lowest BCUT2D eigenvalue weighted by Gasteiger charge is -2.49. The van der Waals surface area contributed by atoms with Crippen LogP contribution in [0.25, 0.3) is 0 Å². The molecule has 1 fully saturated rings. The van der Waals surface area contributed by atoms with Gasteiger partial charge in [0.2, 0.25) is 0 Å². The maximum absolute atomic E-state index is 12.5. The van der Waals surface area contributed by atoms with Crippen LogP contribution in [-0.4, -0.2) is 40.4 Å². The Morgan fingerprint density at radius 2 is 1.87 bits per heavy atom. The molecule has 1 aromatic rings. The summed E-state index contributed by atoms with van der Waals surface area (Å²) in [7, 11) is 1.42. The van der Waals surface area contributed by atoms with Gasteiger partial charge in [0.05, 0.1) is 13.2 Å². The number of carbonyl (C=O) groups excluding carboxylic acids is 1. The second-order valence-corrected chi connectivity index (χ2v) is 7.67. The van der Waals surface area contributed by atoms with Gasteiger partial charge in [-0.3, -0.25) is 4.79 Å². The van der Waals surface area contributed by atoms with Gasteiger partial charge in [0.1, 0.15) is 0 Å². The Hall–Kier alpha value is -1.82. The Morgan fingerprint density at radius 1 is 1.30 bits per heavy atom. The first-order valence-corrected chi connectivity index (χ1v) is 7.79. The molecule has 1 saturated carbocycles. The minimum atomic E-state index is -0.438. The molecule has 0 radical (unpaired) electrons. The SMILES string of the molecule is COc1ccnc(C(=O)N[C@H]2CC(C)(C)[C@H](O)C(C)(C)C2)c1O. The van der Waals surface area contributed by atoms with Crippen LogP contribution in [0.2, 0.25) is 0 Å². The largest absolute Gasteiger partial charge is 0.503 e. The quantitative estimate of drug-likeness (QED) is 0.792. The summed E-state index contributed by atoms with van der Waals surface area (Å²) < 4.78 is 5.00. The van der Waals surface area contributed by atoms with Gasteiger partial charge in [-0.05, 0) is 23.7 Å². The van der Waals surface area contributed by atoms with Crippen molar-refractivity contribution in [2.24, 2.45) is 10.8 Å². The second-order valence-electron chi connectivity index (χ2n) is 7.67. The Balaban J connectivity index is 2.18. The molecule has 128 valence electrons. The number of nitrogens with one attached hydrogen (secondary N) is 1. The van der Waals surface area contributed by atoms with Crippen LogP contribution in [0.4, 0.5) is 0 Å². The molecule has 6 heteroatoms. The van der Waals surface area contributed by atoms with Gasteiger partial charge in [-0.25, -0.2) is 4.98 Å². The van der Waals surface area contributed by atoms with E-state index in [-0.39, 0.29) is 34.1 Å². The first kappa shape index (κ1) is 17.5. The van der Waals surface area contributed by atoms with E-state index in [9.17, 15) is 15.0 Å². The van der Waals surface area contributed by atoms with Crippen LogP contribution in [0.15, 0.2) is 12.3 Å². The molecule has 0 spiro atoms. The van der Waals surface area contributed by atoms with Crippen LogP contribution in [0.1, 0.15) is 51.0 Å². The van der Waals surface area contributed by atoms with Crippen LogP contribution in [-0.2, 0) is 0 Å². The highest BCUT2D eigenvalue weighted by molar-refractivity contribution is 5.95. The second kappa shape index (κ2) is 6.00. The first-order valence-electron chi connectivity index (χ1n) is 7.79. The highest BCUT2D eigenvalue weighted by atomic mass is 16.5. The number of carbonyl (C=O) groups is 1. The van der Waals surface area contributed by atoms with Gasteiger partial charge in [-0.15, -0.1) is 0 Å². The summed E-state index contributed by atoms with van der Waals surface area (Å²) in [5.74, 6) is -0.485. The van der Waals surface area contributed by atoms with Gasteiger partial charge in [0.15, 0.2) is 17.2 Å². The molecule has 0 saturated heterocycles. The van der Waals surface area contributed by atoms with E-state index in [0.717, 1.165) is 0 Å². The van der Waals surface area contributed by atoms with Crippen molar-refractivity contribution in [1.82, 2.24) is 10.3 Å². The van der Waals surface area contributed by atoms with Crippen molar-refractivity contribution < 1.29 is 19.7 Å². The normalized spacial score (nSPS) is 25.7. The number of aromatic nitrogens is 1.